The van der Waals surface area contributed by atoms with E-state index in [1.165, 1.54) is 13.2 Å². The lowest BCUT2D eigenvalue weighted by molar-refractivity contribution is -0.113. The summed E-state index contributed by atoms with van der Waals surface area (Å²) in [6.07, 6.45) is 13.3. The topological polar surface area (TPSA) is 87.3 Å². The highest BCUT2D eigenvalue weighted by molar-refractivity contribution is 7.14. The second kappa shape index (κ2) is 13.2. The molecule has 2 aromatic heterocycles. The van der Waals surface area contributed by atoms with Crippen LogP contribution < -0.4 is 5.73 Å². The van der Waals surface area contributed by atoms with Gasteiger partial charge >= 0.3 is 0 Å². The summed E-state index contributed by atoms with van der Waals surface area (Å²) in [7, 11) is 3.12. The number of primary amides is 1. The first-order valence-corrected chi connectivity index (χ1v) is 12.5. The van der Waals surface area contributed by atoms with Gasteiger partial charge in [0.05, 0.1) is 23.9 Å². The lowest BCUT2D eigenvalue weighted by Crippen LogP contribution is -2.22. The molecule has 0 aliphatic heterocycles. The fourth-order valence-electron chi connectivity index (χ4n) is 3.00. The average molecular weight is 488 g/mol. The lowest BCUT2D eigenvalue weighted by atomic mass is 10.0. The average Bonchev–Trinajstić information content (AvgIpc) is 3.44. The third-order valence-electron chi connectivity index (χ3n) is 4.85. The van der Waals surface area contributed by atoms with Crippen molar-refractivity contribution in [2.45, 2.75) is 39.7 Å². The number of carbonyl (C=O) groups excluding carboxylic acids is 1. The van der Waals surface area contributed by atoms with Gasteiger partial charge in [-0.05, 0) is 12.0 Å². The molecule has 2 heterocycles. The summed E-state index contributed by atoms with van der Waals surface area (Å²) >= 11 is 3.20. The molecule has 0 spiro atoms. The van der Waals surface area contributed by atoms with Gasteiger partial charge in [0.15, 0.2) is 0 Å². The Bertz CT molecular complexity index is 1020. The largest absolute Gasteiger partial charge is 0.501 e. The van der Waals surface area contributed by atoms with Crippen molar-refractivity contribution in [3.8, 4) is 10.7 Å². The molecule has 3 atom stereocenters. The smallest absolute Gasteiger partial charge is 0.244 e. The Labute approximate surface area is 204 Å². The van der Waals surface area contributed by atoms with Crippen LogP contribution in [0.2, 0.25) is 0 Å². The van der Waals surface area contributed by atoms with Crippen LogP contribution in [-0.4, -0.2) is 36.2 Å². The van der Waals surface area contributed by atoms with Crippen LogP contribution in [0.4, 0.5) is 0 Å². The molecule has 33 heavy (non-hydrogen) atoms. The molecule has 178 valence electrons. The van der Waals surface area contributed by atoms with E-state index in [-0.39, 0.29) is 17.9 Å². The highest BCUT2D eigenvalue weighted by Gasteiger charge is 2.20. The van der Waals surface area contributed by atoms with E-state index in [2.05, 4.69) is 50.5 Å². The molecule has 2 aromatic rings. The number of nitrogens with zero attached hydrogens (tertiary/aromatic N) is 2. The molecule has 0 aliphatic rings. The van der Waals surface area contributed by atoms with Crippen LogP contribution in [0.3, 0.4) is 0 Å². The van der Waals surface area contributed by atoms with Crippen molar-refractivity contribution in [1.29, 1.82) is 0 Å². The maximum Gasteiger partial charge on any atom is 0.244 e. The maximum absolute atomic E-state index is 11.2. The zero-order valence-electron chi connectivity index (χ0n) is 20.0. The lowest BCUT2D eigenvalue weighted by Gasteiger charge is -2.21. The van der Waals surface area contributed by atoms with Crippen LogP contribution in [0.5, 0.6) is 0 Å². The zero-order valence-corrected chi connectivity index (χ0v) is 21.7. The Hall–Kier alpha value is -2.55. The Morgan fingerprint density at radius 3 is 2.39 bits per heavy atom. The van der Waals surface area contributed by atoms with Gasteiger partial charge in [-0.3, -0.25) is 4.79 Å². The third kappa shape index (κ3) is 8.38. The van der Waals surface area contributed by atoms with Gasteiger partial charge in [0.1, 0.15) is 16.5 Å². The molecule has 6 nitrogen and oxygen atoms in total. The minimum absolute atomic E-state index is 0.187. The highest BCUT2D eigenvalue weighted by Crippen LogP contribution is 2.29. The highest BCUT2D eigenvalue weighted by atomic mass is 32.1. The second-order valence-corrected chi connectivity index (χ2v) is 9.70. The molecular formula is C25H33N3O3S2. The summed E-state index contributed by atoms with van der Waals surface area (Å²) in [6, 6.07) is 0. The van der Waals surface area contributed by atoms with E-state index in [1.54, 1.807) is 29.8 Å². The van der Waals surface area contributed by atoms with Gasteiger partial charge in [-0.25, -0.2) is 9.97 Å². The minimum atomic E-state index is -0.555. The number of thiazole rings is 2. The molecule has 0 aromatic carbocycles. The molecule has 0 radical (unpaired) electrons. The molecule has 0 aliphatic carbocycles. The van der Waals surface area contributed by atoms with E-state index >= 15 is 0 Å². The monoisotopic (exact) mass is 487 g/mol. The summed E-state index contributed by atoms with van der Waals surface area (Å²) < 4.78 is 10.9. The predicted octanol–water partition coefficient (Wildman–Crippen LogP) is 5.82. The number of methoxy groups -OCH3 is 2. The predicted molar refractivity (Wildman–Crippen MR) is 138 cm³/mol. The number of nitrogens with two attached hydrogens (primary N) is 1. The summed E-state index contributed by atoms with van der Waals surface area (Å²) in [5, 5.41) is 5.98. The van der Waals surface area contributed by atoms with Crippen LogP contribution in [-0.2, 0) is 14.3 Å². The van der Waals surface area contributed by atoms with Gasteiger partial charge in [-0.2, -0.15) is 0 Å². The van der Waals surface area contributed by atoms with Crippen molar-refractivity contribution < 1.29 is 14.3 Å². The van der Waals surface area contributed by atoms with Gasteiger partial charge in [0.25, 0.3) is 0 Å². The fraction of sp³-hybridized carbons (Fsp3) is 0.400. The molecule has 0 fully saturated rings. The second-order valence-electron chi connectivity index (χ2n) is 7.95. The Morgan fingerprint density at radius 1 is 1.03 bits per heavy atom. The van der Waals surface area contributed by atoms with E-state index in [9.17, 15) is 4.79 Å². The summed E-state index contributed by atoms with van der Waals surface area (Å²) in [5.74, 6) is 0.512. The Morgan fingerprint density at radius 2 is 1.76 bits per heavy atom. The minimum Gasteiger partial charge on any atom is -0.501 e. The van der Waals surface area contributed by atoms with Crippen molar-refractivity contribution in [3.63, 3.8) is 0 Å². The van der Waals surface area contributed by atoms with Crippen molar-refractivity contribution in [2.75, 3.05) is 14.2 Å². The SMILES string of the molecule is COC(=CC(N)=O)C(C)C(C=Cc1csc(-c2csc(C(C)C=CC=CC(C)C)n2)n1)OC. The van der Waals surface area contributed by atoms with E-state index in [1.807, 2.05) is 24.5 Å². The Balaban J connectivity index is 2.09. The number of hydrogen-bond donors (Lipinski definition) is 1. The first kappa shape index (κ1) is 26.7. The normalized spacial score (nSPS) is 15.7. The fourth-order valence-corrected chi connectivity index (χ4v) is 4.66. The molecule has 0 saturated carbocycles. The van der Waals surface area contributed by atoms with E-state index in [0.29, 0.717) is 11.7 Å². The Kier molecular flexibility index (Phi) is 10.7. The quantitative estimate of drug-likeness (QED) is 0.232. The van der Waals surface area contributed by atoms with Gasteiger partial charge in [-0.15, -0.1) is 22.7 Å². The van der Waals surface area contributed by atoms with Crippen molar-refractivity contribution in [1.82, 2.24) is 9.97 Å². The molecule has 1 amide bonds. The molecule has 2 N–H and O–H groups in total. The van der Waals surface area contributed by atoms with Crippen LogP contribution in [0, 0.1) is 11.8 Å². The molecule has 3 unspecified atom stereocenters. The number of carbonyl (C=O) groups is 1. The zero-order chi connectivity index (χ0) is 24.4. The first-order valence-electron chi connectivity index (χ1n) is 10.8. The number of aromatic nitrogens is 2. The van der Waals surface area contributed by atoms with Gasteiger partial charge in [0, 0.05) is 35.8 Å². The number of rotatable bonds is 12. The standard InChI is InChI=1S/C25H33N3O3S2/c1-16(2)9-7-8-10-17(3)24-28-20(15-33-24)25-27-19(14-32-25)11-12-21(30-5)18(4)22(31-6)13-23(26)29/h7-18,21H,1-6H3,(H2,26,29). The van der Waals surface area contributed by atoms with E-state index in [0.717, 1.165) is 21.4 Å². The van der Waals surface area contributed by atoms with E-state index < -0.39 is 5.91 Å². The molecule has 8 heteroatoms. The molecule has 2 rings (SSSR count). The first-order chi connectivity index (χ1) is 15.7. The number of hydrogen-bond acceptors (Lipinski definition) is 7. The molecular weight excluding hydrogens is 454 g/mol. The van der Waals surface area contributed by atoms with Crippen LogP contribution in [0.1, 0.15) is 44.3 Å². The molecule has 0 saturated heterocycles. The van der Waals surface area contributed by atoms with Crippen LogP contribution >= 0.6 is 22.7 Å². The van der Waals surface area contributed by atoms with Gasteiger partial charge < -0.3 is 15.2 Å². The summed E-state index contributed by atoms with van der Waals surface area (Å²) in [5.41, 5.74) is 6.97. The number of amides is 1. The van der Waals surface area contributed by atoms with Crippen molar-refractivity contribution in [2.24, 2.45) is 17.6 Å². The van der Waals surface area contributed by atoms with Crippen molar-refractivity contribution >= 4 is 34.7 Å². The van der Waals surface area contributed by atoms with Crippen LogP contribution in [0.15, 0.2) is 53.0 Å². The number of ether oxygens (including phenoxy) is 2. The maximum atomic E-state index is 11.2. The van der Waals surface area contributed by atoms with Gasteiger partial charge in [-0.1, -0.05) is 58.1 Å². The third-order valence-corrected chi connectivity index (χ3v) is 6.78. The molecule has 0 bridgehead atoms. The van der Waals surface area contributed by atoms with Crippen LogP contribution in [0.25, 0.3) is 16.8 Å². The van der Waals surface area contributed by atoms with E-state index in [4.69, 9.17) is 25.2 Å². The van der Waals surface area contributed by atoms with Crippen molar-refractivity contribution in [3.05, 3.63) is 63.7 Å². The summed E-state index contributed by atoms with van der Waals surface area (Å²) in [6.45, 7) is 8.37. The van der Waals surface area contributed by atoms with Gasteiger partial charge in [0.2, 0.25) is 5.91 Å². The summed E-state index contributed by atoms with van der Waals surface area (Å²) in [4.78, 5) is 20.7. The number of allylic oxidation sites excluding steroid dienone is 4.